The lowest BCUT2D eigenvalue weighted by Gasteiger charge is -2.35. The zero-order valence-corrected chi connectivity index (χ0v) is 10.6. The van der Waals surface area contributed by atoms with Crippen molar-refractivity contribution in [3.05, 3.63) is 35.4 Å². The van der Waals surface area contributed by atoms with E-state index in [1.807, 2.05) is 0 Å². The van der Waals surface area contributed by atoms with Gasteiger partial charge in [0, 0.05) is 13.2 Å². The highest BCUT2D eigenvalue weighted by Gasteiger charge is 2.30. The van der Waals surface area contributed by atoms with Crippen LogP contribution in [0.2, 0.25) is 0 Å². The minimum Gasteiger partial charge on any atom is -0.380 e. The number of nitrogens with two attached hydrogens (primary N) is 1. The number of rotatable bonds is 6. The average molecular weight is 234 g/mol. The summed E-state index contributed by atoms with van der Waals surface area (Å²) in [4.78, 5) is 0. The summed E-state index contributed by atoms with van der Waals surface area (Å²) in [5.41, 5.74) is 5.88. The highest BCUT2D eigenvalue weighted by atomic mass is 16.5. The maximum atomic E-state index is 5.64. The molecule has 0 radical (unpaired) electrons. The Labute approximate surface area is 103 Å². The summed E-state index contributed by atoms with van der Waals surface area (Å²) in [7, 11) is 1.76. The van der Waals surface area contributed by atoms with E-state index in [-0.39, 0.29) is 12.1 Å². The van der Waals surface area contributed by atoms with E-state index >= 15 is 0 Å². The molecule has 0 spiro atoms. The summed E-state index contributed by atoms with van der Waals surface area (Å²) in [5, 5.41) is 0. The molecule has 0 amide bonds. The minimum absolute atomic E-state index is 0.202. The van der Waals surface area contributed by atoms with Crippen molar-refractivity contribution in [1.82, 2.24) is 5.43 Å². The second kappa shape index (κ2) is 5.63. The molecule has 3 N–H and O–H groups in total. The summed E-state index contributed by atoms with van der Waals surface area (Å²) in [6, 6.07) is 8.90. The summed E-state index contributed by atoms with van der Waals surface area (Å²) in [6.45, 7) is 2.13. The van der Waals surface area contributed by atoms with Gasteiger partial charge in [0.1, 0.15) is 0 Å². The fourth-order valence-corrected chi connectivity index (χ4v) is 2.82. The molecule has 1 aliphatic carbocycles. The van der Waals surface area contributed by atoms with Crippen LogP contribution in [0.5, 0.6) is 0 Å². The molecule has 0 aliphatic heterocycles. The van der Waals surface area contributed by atoms with Crippen LogP contribution in [0.3, 0.4) is 0 Å². The van der Waals surface area contributed by atoms with Crippen molar-refractivity contribution in [1.29, 1.82) is 0 Å². The maximum Gasteiger partial charge on any atom is 0.0735 e. The lowest BCUT2D eigenvalue weighted by Crippen LogP contribution is -2.46. The molecule has 3 heteroatoms. The predicted octanol–water partition coefficient (Wildman–Crippen LogP) is 1.97. The third-order valence-corrected chi connectivity index (χ3v) is 3.87. The molecule has 1 aliphatic rings. The van der Waals surface area contributed by atoms with Gasteiger partial charge in [0.2, 0.25) is 0 Å². The van der Waals surface area contributed by atoms with Gasteiger partial charge in [0.05, 0.1) is 6.10 Å². The van der Waals surface area contributed by atoms with Crippen LogP contribution in [0.1, 0.15) is 36.8 Å². The third kappa shape index (κ3) is 2.51. The summed E-state index contributed by atoms with van der Waals surface area (Å²) in [6.07, 6.45) is 3.42. The molecule has 17 heavy (non-hydrogen) atoms. The molecule has 0 saturated carbocycles. The lowest BCUT2D eigenvalue weighted by molar-refractivity contribution is 0.0592. The van der Waals surface area contributed by atoms with Gasteiger partial charge in [-0.2, -0.15) is 0 Å². The molecule has 3 unspecified atom stereocenters. The van der Waals surface area contributed by atoms with Crippen LogP contribution in [0.4, 0.5) is 0 Å². The topological polar surface area (TPSA) is 47.3 Å². The van der Waals surface area contributed by atoms with E-state index in [0.29, 0.717) is 5.92 Å². The van der Waals surface area contributed by atoms with Gasteiger partial charge in [-0.3, -0.25) is 11.3 Å². The van der Waals surface area contributed by atoms with E-state index in [4.69, 9.17) is 10.6 Å². The van der Waals surface area contributed by atoms with E-state index < -0.39 is 0 Å². The van der Waals surface area contributed by atoms with Gasteiger partial charge in [-0.25, -0.2) is 0 Å². The fourth-order valence-electron chi connectivity index (χ4n) is 2.82. The first-order valence-corrected chi connectivity index (χ1v) is 6.36. The molecule has 1 aromatic carbocycles. The monoisotopic (exact) mass is 234 g/mol. The van der Waals surface area contributed by atoms with E-state index in [0.717, 1.165) is 12.8 Å². The Morgan fingerprint density at radius 2 is 2.24 bits per heavy atom. The highest BCUT2D eigenvalue weighted by molar-refractivity contribution is 5.39. The Bertz CT molecular complexity index is 363. The molecule has 3 atom stereocenters. The largest absolute Gasteiger partial charge is 0.380 e. The summed E-state index contributed by atoms with van der Waals surface area (Å²) in [5.74, 6) is 6.28. The van der Waals surface area contributed by atoms with Crippen LogP contribution < -0.4 is 11.3 Å². The van der Waals surface area contributed by atoms with Crippen LogP contribution in [-0.2, 0) is 11.2 Å². The number of hydrogen-bond acceptors (Lipinski definition) is 3. The molecular weight excluding hydrogens is 212 g/mol. The van der Waals surface area contributed by atoms with E-state index in [1.165, 1.54) is 17.5 Å². The Hall–Kier alpha value is -0.900. The Balaban J connectivity index is 1.98. The van der Waals surface area contributed by atoms with Crippen molar-refractivity contribution in [3.63, 3.8) is 0 Å². The molecule has 94 valence electrons. The molecule has 2 rings (SSSR count). The number of methoxy groups -OCH3 is 1. The van der Waals surface area contributed by atoms with Gasteiger partial charge < -0.3 is 4.74 Å². The van der Waals surface area contributed by atoms with Crippen LogP contribution in [-0.4, -0.2) is 19.3 Å². The number of hydrogen-bond donors (Lipinski definition) is 2. The van der Waals surface area contributed by atoms with Crippen molar-refractivity contribution in [2.24, 2.45) is 5.84 Å². The maximum absolute atomic E-state index is 5.64. The molecule has 0 heterocycles. The van der Waals surface area contributed by atoms with Gasteiger partial charge in [-0.05, 0) is 36.3 Å². The first-order valence-electron chi connectivity index (χ1n) is 6.36. The zero-order valence-electron chi connectivity index (χ0n) is 10.6. The number of benzene rings is 1. The smallest absolute Gasteiger partial charge is 0.0735 e. The molecule has 3 nitrogen and oxygen atoms in total. The van der Waals surface area contributed by atoms with Crippen molar-refractivity contribution in [2.75, 3.05) is 7.11 Å². The number of hydrazine groups is 1. The van der Waals surface area contributed by atoms with Crippen molar-refractivity contribution >= 4 is 0 Å². The van der Waals surface area contributed by atoms with Gasteiger partial charge in [0.25, 0.3) is 0 Å². The van der Waals surface area contributed by atoms with Crippen LogP contribution in [0.25, 0.3) is 0 Å². The van der Waals surface area contributed by atoms with Crippen LogP contribution in [0, 0.1) is 0 Å². The minimum atomic E-state index is 0.202. The number of fused-ring (bicyclic) bond motifs is 1. The second-order valence-electron chi connectivity index (χ2n) is 4.79. The fraction of sp³-hybridized carbons (Fsp3) is 0.571. The molecule has 0 bridgehead atoms. The summed E-state index contributed by atoms with van der Waals surface area (Å²) >= 11 is 0. The lowest BCUT2D eigenvalue weighted by atomic mass is 9.74. The predicted molar refractivity (Wildman–Crippen MR) is 69.7 cm³/mol. The Kier molecular flexibility index (Phi) is 4.15. The molecule has 0 saturated heterocycles. The zero-order chi connectivity index (χ0) is 12.3. The van der Waals surface area contributed by atoms with Gasteiger partial charge in [-0.15, -0.1) is 0 Å². The third-order valence-electron chi connectivity index (χ3n) is 3.87. The normalized spacial score (nSPS) is 21.5. The average Bonchev–Trinajstić information content (AvgIpc) is 2.34. The van der Waals surface area contributed by atoms with E-state index in [9.17, 15) is 0 Å². The van der Waals surface area contributed by atoms with E-state index in [1.54, 1.807) is 7.11 Å². The highest BCUT2D eigenvalue weighted by Crippen LogP contribution is 2.38. The first kappa shape index (κ1) is 12.6. The Morgan fingerprint density at radius 3 is 2.82 bits per heavy atom. The number of nitrogens with one attached hydrogen (secondary N) is 1. The van der Waals surface area contributed by atoms with Crippen LogP contribution >= 0.6 is 0 Å². The molecule has 0 aromatic heterocycles. The van der Waals surface area contributed by atoms with Gasteiger partial charge in [-0.1, -0.05) is 31.2 Å². The van der Waals surface area contributed by atoms with Crippen molar-refractivity contribution in [3.8, 4) is 0 Å². The molecule has 0 fully saturated rings. The standard InChI is InChI=1S/C14H22N2O/c1-3-14(17-2)13(16-15)9-11-8-10-6-4-5-7-12(10)11/h4-7,11,13-14,16H,3,8-9,15H2,1-2H3. The van der Waals surface area contributed by atoms with Crippen molar-refractivity contribution in [2.45, 2.75) is 44.2 Å². The second-order valence-corrected chi connectivity index (χ2v) is 4.79. The Morgan fingerprint density at radius 1 is 1.47 bits per heavy atom. The summed E-state index contributed by atoms with van der Waals surface area (Å²) < 4.78 is 5.47. The van der Waals surface area contributed by atoms with Crippen molar-refractivity contribution < 1.29 is 4.74 Å². The van der Waals surface area contributed by atoms with E-state index in [2.05, 4.69) is 36.6 Å². The molecule has 1 aromatic rings. The quantitative estimate of drug-likeness (QED) is 0.584. The van der Waals surface area contributed by atoms with Gasteiger partial charge in [0.15, 0.2) is 0 Å². The SMILES string of the molecule is CCC(OC)C(CC1Cc2ccccc21)NN. The number of ether oxygens (including phenoxy) is 1. The first-order chi connectivity index (χ1) is 8.30. The molecular formula is C14H22N2O. The van der Waals surface area contributed by atoms with Crippen LogP contribution in [0.15, 0.2) is 24.3 Å². The van der Waals surface area contributed by atoms with Gasteiger partial charge >= 0.3 is 0 Å².